The topological polar surface area (TPSA) is 49.9 Å². The van der Waals surface area contributed by atoms with E-state index in [0.29, 0.717) is 37.4 Å². The number of rotatable bonds is 3. The Hall–Kier alpha value is -2.96. The van der Waals surface area contributed by atoms with Crippen molar-refractivity contribution in [3.05, 3.63) is 65.2 Å². The Balaban J connectivity index is 1.47. The lowest BCUT2D eigenvalue weighted by Gasteiger charge is -2.18. The van der Waals surface area contributed by atoms with Gasteiger partial charge in [0.1, 0.15) is 18.2 Å². The van der Waals surface area contributed by atoms with E-state index < -0.39 is 17.7 Å². The van der Waals surface area contributed by atoms with Crippen molar-refractivity contribution in [1.82, 2.24) is 4.90 Å². The van der Waals surface area contributed by atoms with Crippen LogP contribution in [0.15, 0.2) is 42.5 Å². The average molecular weight is 372 g/mol. The van der Waals surface area contributed by atoms with Gasteiger partial charge in [-0.3, -0.25) is 9.69 Å². The zero-order valence-electron chi connectivity index (χ0n) is 14.5. The van der Waals surface area contributed by atoms with Crippen molar-refractivity contribution in [1.29, 1.82) is 0 Å². The summed E-state index contributed by atoms with van der Waals surface area (Å²) >= 11 is 0. The molecule has 2 saturated heterocycles. The van der Waals surface area contributed by atoms with Gasteiger partial charge in [0.15, 0.2) is 0 Å². The van der Waals surface area contributed by atoms with Crippen LogP contribution in [-0.2, 0) is 4.74 Å². The zero-order valence-corrected chi connectivity index (χ0v) is 14.5. The number of hydrogen-bond donors (Lipinski definition) is 0. The molecule has 2 aliphatic heterocycles. The second-order valence-corrected chi connectivity index (χ2v) is 6.68. The van der Waals surface area contributed by atoms with Crippen LogP contribution in [0.1, 0.15) is 28.3 Å². The molecule has 0 N–H and O–H groups in total. The average Bonchev–Trinajstić information content (AvgIpc) is 3.31. The van der Waals surface area contributed by atoms with Gasteiger partial charge >= 0.3 is 6.09 Å². The summed E-state index contributed by atoms with van der Waals surface area (Å²) in [6.07, 6.45) is 0.116. The van der Waals surface area contributed by atoms with Crippen LogP contribution in [0.25, 0.3) is 0 Å². The van der Waals surface area contributed by atoms with Crippen molar-refractivity contribution in [2.45, 2.75) is 12.3 Å². The van der Waals surface area contributed by atoms with Gasteiger partial charge in [-0.1, -0.05) is 6.07 Å². The second kappa shape index (κ2) is 6.98. The maximum atomic E-state index is 14.0. The molecule has 2 amide bonds. The van der Waals surface area contributed by atoms with Gasteiger partial charge in [-0.05, 0) is 42.8 Å². The Labute approximate surface area is 155 Å². The maximum Gasteiger partial charge on any atom is 0.414 e. The normalized spacial score (nSPS) is 19.5. The quantitative estimate of drug-likeness (QED) is 0.828. The Morgan fingerprint density at radius 3 is 2.37 bits per heavy atom. The minimum absolute atomic E-state index is 0.0516. The van der Waals surface area contributed by atoms with Crippen molar-refractivity contribution >= 4 is 17.7 Å². The lowest BCUT2D eigenvalue weighted by atomic mass is 9.97. The molecule has 0 aliphatic carbocycles. The van der Waals surface area contributed by atoms with Crippen molar-refractivity contribution in [3.8, 4) is 0 Å². The summed E-state index contributed by atoms with van der Waals surface area (Å²) in [4.78, 5) is 27.4. The molecule has 5 nitrogen and oxygen atoms in total. The van der Waals surface area contributed by atoms with Crippen molar-refractivity contribution in [2.24, 2.45) is 0 Å². The molecule has 27 heavy (non-hydrogen) atoms. The molecule has 140 valence electrons. The first-order valence-corrected chi connectivity index (χ1v) is 8.82. The van der Waals surface area contributed by atoms with Crippen molar-refractivity contribution < 1.29 is 23.1 Å². The molecule has 0 bridgehead atoms. The Bertz CT molecular complexity index is 865. The number of hydrogen-bond acceptors (Lipinski definition) is 3. The maximum absolute atomic E-state index is 14.0. The Morgan fingerprint density at radius 2 is 1.74 bits per heavy atom. The Kier molecular flexibility index (Phi) is 4.51. The lowest BCUT2D eigenvalue weighted by molar-refractivity contribution is 0.0790. The molecular formula is C20H18F2N2O3. The Morgan fingerprint density at radius 1 is 1.04 bits per heavy atom. The summed E-state index contributed by atoms with van der Waals surface area (Å²) in [5.74, 6) is -1.69. The molecule has 0 aromatic heterocycles. The molecule has 4 rings (SSSR count). The summed E-state index contributed by atoms with van der Waals surface area (Å²) in [5.41, 5.74) is 1.19. The number of likely N-dealkylation sites (tertiary alicyclic amines) is 1. The first kappa shape index (κ1) is 17.5. The zero-order chi connectivity index (χ0) is 19.0. The van der Waals surface area contributed by atoms with Gasteiger partial charge in [-0.2, -0.15) is 0 Å². The first-order valence-electron chi connectivity index (χ1n) is 8.82. The molecule has 2 aromatic rings. The molecule has 0 saturated carbocycles. The van der Waals surface area contributed by atoms with Crippen LogP contribution in [0.5, 0.6) is 0 Å². The van der Waals surface area contributed by atoms with Crippen LogP contribution in [0, 0.1) is 11.6 Å². The van der Waals surface area contributed by atoms with E-state index in [1.807, 2.05) is 0 Å². The standard InChI is InChI=1S/C20H18F2N2O3/c21-16-2-1-3-17(22)18(16)14-8-9-23(12-14)19(25)13-4-6-15(7-5-13)24-10-11-27-20(24)26/h1-7,14H,8-12H2. The van der Waals surface area contributed by atoms with E-state index in [4.69, 9.17) is 4.74 Å². The minimum Gasteiger partial charge on any atom is -0.447 e. The summed E-state index contributed by atoms with van der Waals surface area (Å²) in [6, 6.07) is 10.5. The number of cyclic esters (lactones) is 1. The fraction of sp³-hybridized carbons (Fsp3) is 0.300. The van der Waals surface area contributed by atoms with Crippen LogP contribution in [0.2, 0.25) is 0 Å². The monoisotopic (exact) mass is 372 g/mol. The molecule has 2 heterocycles. The molecule has 2 fully saturated rings. The number of halogens is 2. The molecule has 0 spiro atoms. The third-order valence-electron chi connectivity index (χ3n) is 5.07. The van der Waals surface area contributed by atoms with Gasteiger partial charge in [0.25, 0.3) is 5.91 Å². The fourth-order valence-electron chi connectivity index (χ4n) is 3.68. The molecular weight excluding hydrogens is 354 g/mol. The lowest BCUT2D eigenvalue weighted by Crippen LogP contribution is -2.29. The molecule has 2 aliphatic rings. The molecule has 0 radical (unpaired) electrons. The highest BCUT2D eigenvalue weighted by Gasteiger charge is 2.31. The number of ether oxygens (including phenoxy) is 1. The van der Waals surface area contributed by atoms with Gasteiger partial charge in [-0.15, -0.1) is 0 Å². The number of nitrogens with zero attached hydrogens (tertiary/aromatic N) is 2. The summed E-state index contributed by atoms with van der Waals surface area (Å²) < 4.78 is 32.9. The summed E-state index contributed by atoms with van der Waals surface area (Å²) in [5, 5.41) is 0. The van der Waals surface area contributed by atoms with E-state index in [0.717, 1.165) is 0 Å². The van der Waals surface area contributed by atoms with Gasteiger partial charge in [0.05, 0.1) is 6.54 Å². The number of benzene rings is 2. The molecule has 1 atom stereocenters. The van der Waals surface area contributed by atoms with E-state index in [2.05, 4.69) is 0 Å². The second-order valence-electron chi connectivity index (χ2n) is 6.68. The highest BCUT2D eigenvalue weighted by Crippen LogP contribution is 2.32. The first-order chi connectivity index (χ1) is 13.0. The fourth-order valence-corrected chi connectivity index (χ4v) is 3.68. The van der Waals surface area contributed by atoms with E-state index in [-0.39, 0.29) is 23.9 Å². The largest absolute Gasteiger partial charge is 0.447 e. The summed E-state index contributed by atoms with van der Waals surface area (Å²) in [7, 11) is 0. The SMILES string of the molecule is O=C(c1ccc(N2CCOC2=O)cc1)N1CCC(c2c(F)cccc2F)C1. The van der Waals surface area contributed by atoms with Crippen LogP contribution in [-0.4, -0.2) is 43.1 Å². The minimum atomic E-state index is -0.573. The number of carbonyl (C=O) groups is 2. The third kappa shape index (κ3) is 3.25. The predicted molar refractivity (Wildman–Crippen MR) is 94.8 cm³/mol. The smallest absolute Gasteiger partial charge is 0.414 e. The third-order valence-corrected chi connectivity index (χ3v) is 5.07. The van der Waals surface area contributed by atoms with E-state index >= 15 is 0 Å². The molecule has 1 unspecified atom stereocenters. The highest BCUT2D eigenvalue weighted by molar-refractivity contribution is 5.96. The summed E-state index contributed by atoms with van der Waals surface area (Å²) in [6.45, 7) is 1.55. The van der Waals surface area contributed by atoms with Gasteiger partial charge < -0.3 is 9.64 Å². The van der Waals surface area contributed by atoms with Gasteiger partial charge in [-0.25, -0.2) is 13.6 Å². The van der Waals surface area contributed by atoms with Crippen LogP contribution >= 0.6 is 0 Å². The van der Waals surface area contributed by atoms with Crippen LogP contribution < -0.4 is 4.90 Å². The van der Waals surface area contributed by atoms with Crippen molar-refractivity contribution in [2.75, 3.05) is 31.1 Å². The molecule has 2 aromatic carbocycles. The number of amides is 2. The van der Waals surface area contributed by atoms with Gasteiger partial charge in [0.2, 0.25) is 0 Å². The number of anilines is 1. The number of carbonyl (C=O) groups excluding carboxylic acids is 2. The van der Waals surface area contributed by atoms with E-state index in [9.17, 15) is 18.4 Å². The van der Waals surface area contributed by atoms with E-state index in [1.54, 1.807) is 29.2 Å². The predicted octanol–water partition coefficient (Wildman–Crippen LogP) is 3.55. The van der Waals surface area contributed by atoms with Crippen LogP contribution in [0.4, 0.5) is 19.3 Å². The van der Waals surface area contributed by atoms with Crippen molar-refractivity contribution in [3.63, 3.8) is 0 Å². The molecule has 7 heteroatoms. The van der Waals surface area contributed by atoms with Crippen LogP contribution in [0.3, 0.4) is 0 Å². The van der Waals surface area contributed by atoms with Gasteiger partial charge in [0, 0.05) is 35.8 Å². The van der Waals surface area contributed by atoms with E-state index in [1.165, 1.54) is 23.1 Å². The highest BCUT2D eigenvalue weighted by atomic mass is 19.1.